The average Bonchev–Trinajstić information content (AvgIpc) is 2.61. The summed E-state index contributed by atoms with van der Waals surface area (Å²) in [6, 6.07) is 5.47. The lowest BCUT2D eigenvalue weighted by atomic mass is 10.1. The van der Waals surface area contributed by atoms with E-state index in [1.165, 1.54) is 5.56 Å². The van der Waals surface area contributed by atoms with Gasteiger partial charge in [0.25, 0.3) is 0 Å². The predicted molar refractivity (Wildman–Crippen MR) is 74.7 cm³/mol. The first kappa shape index (κ1) is 14.0. The van der Waals surface area contributed by atoms with Gasteiger partial charge in [-0.25, -0.2) is 13.1 Å². The molecule has 1 unspecified atom stereocenters. The summed E-state index contributed by atoms with van der Waals surface area (Å²) in [5.74, 6) is -0.0515. The number of sulfonamides is 1. The molecule has 1 aliphatic heterocycles. The molecular weight excluding hydrogens is 264 g/mol. The lowest BCUT2D eigenvalue weighted by Crippen LogP contribution is -2.36. The van der Waals surface area contributed by atoms with Gasteiger partial charge in [0, 0.05) is 24.7 Å². The summed E-state index contributed by atoms with van der Waals surface area (Å²) in [5, 5.41) is 0. The fourth-order valence-corrected chi connectivity index (χ4v) is 3.00. The minimum Gasteiger partial charge on any atom is -0.311 e. The molecule has 0 radical (unpaired) electrons. The van der Waals surface area contributed by atoms with Crippen molar-refractivity contribution in [3.8, 4) is 0 Å². The van der Waals surface area contributed by atoms with E-state index in [1.54, 1.807) is 4.90 Å². The van der Waals surface area contributed by atoms with Gasteiger partial charge in [-0.15, -0.1) is 0 Å². The molecule has 104 valence electrons. The van der Waals surface area contributed by atoms with Gasteiger partial charge in [0.05, 0.1) is 6.26 Å². The second-order valence-electron chi connectivity index (χ2n) is 5.06. The number of anilines is 1. The normalized spacial score (nSPS) is 20.1. The molecule has 19 heavy (non-hydrogen) atoms. The molecule has 6 heteroatoms. The fraction of sp³-hybridized carbons (Fsp3) is 0.462. The number of carbonyl (C=O) groups excluding carboxylic acids is 1. The molecule has 5 nitrogen and oxygen atoms in total. The van der Waals surface area contributed by atoms with Crippen LogP contribution in [0, 0.1) is 13.8 Å². The number of carbonyl (C=O) groups is 1. The summed E-state index contributed by atoms with van der Waals surface area (Å²) in [4.78, 5) is 13.6. The van der Waals surface area contributed by atoms with E-state index in [1.807, 2.05) is 32.0 Å². The maximum atomic E-state index is 12.0. The minimum absolute atomic E-state index is 0.0515. The number of aryl methyl sites for hydroxylation is 2. The zero-order chi connectivity index (χ0) is 14.2. The monoisotopic (exact) mass is 282 g/mol. The average molecular weight is 282 g/mol. The van der Waals surface area contributed by atoms with Crippen molar-refractivity contribution in [3.63, 3.8) is 0 Å². The van der Waals surface area contributed by atoms with Gasteiger partial charge >= 0.3 is 0 Å². The molecule has 1 aromatic carbocycles. The van der Waals surface area contributed by atoms with Crippen LogP contribution in [0.4, 0.5) is 5.69 Å². The van der Waals surface area contributed by atoms with Gasteiger partial charge in [0.1, 0.15) is 0 Å². The minimum atomic E-state index is -3.28. The molecule has 1 atom stereocenters. The Morgan fingerprint density at radius 3 is 2.53 bits per heavy atom. The van der Waals surface area contributed by atoms with Gasteiger partial charge in [-0.05, 0) is 37.1 Å². The number of nitrogens with one attached hydrogen (secondary N) is 1. The van der Waals surface area contributed by atoms with Crippen molar-refractivity contribution in [2.24, 2.45) is 0 Å². The second-order valence-corrected chi connectivity index (χ2v) is 6.84. The third-order valence-corrected chi connectivity index (χ3v) is 4.07. The van der Waals surface area contributed by atoms with Crippen LogP contribution < -0.4 is 9.62 Å². The Morgan fingerprint density at radius 1 is 1.26 bits per heavy atom. The first-order chi connectivity index (χ1) is 8.76. The Kier molecular flexibility index (Phi) is 3.64. The molecule has 1 saturated heterocycles. The molecule has 1 heterocycles. The molecule has 0 aliphatic carbocycles. The van der Waals surface area contributed by atoms with E-state index in [0.717, 1.165) is 17.5 Å². The molecule has 1 aromatic rings. The molecule has 0 bridgehead atoms. The lowest BCUT2D eigenvalue weighted by molar-refractivity contribution is -0.117. The Morgan fingerprint density at radius 2 is 1.95 bits per heavy atom. The summed E-state index contributed by atoms with van der Waals surface area (Å²) in [6.07, 6.45) is 1.32. The van der Waals surface area contributed by atoms with Crippen molar-refractivity contribution < 1.29 is 13.2 Å². The van der Waals surface area contributed by atoms with E-state index in [0.29, 0.717) is 6.54 Å². The molecule has 0 aromatic heterocycles. The molecule has 0 spiro atoms. The molecular formula is C13H18N2O3S. The van der Waals surface area contributed by atoms with Crippen molar-refractivity contribution in [2.75, 3.05) is 17.7 Å². The van der Waals surface area contributed by atoms with E-state index in [2.05, 4.69) is 4.72 Å². The van der Waals surface area contributed by atoms with Gasteiger partial charge in [-0.3, -0.25) is 4.79 Å². The standard InChI is InChI=1S/C13H18N2O3S/c1-9-4-5-12(6-10(9)2)15-8-11(7-13(15)16)14-19(3,17)18/h4-6,11,14H,7-8H2,1-3H3. The van der Waals surface area contributed by atoms with E-state index in [9.17, 15) is 13.2 Å². The molecule has 2 rings (SSSR count). The number of benzene rings is 1. The Labute approximate surface area is 113 Å². The van der Waals surface area contributed by atoms with Crippen LogP contribution in [0.1, 0.15) is 17.5 Å². The van der Waals surface area contributed by atoms with Crippen LogP contribution in [0.15, 0.2) is 18.2 Å². The third kappa shape index (κ3) is 3.33. The summed E-state index contributed by atoms with van der Waals surface area (Å²) in [5.41, 5.74) is 3.11. The van der Waals surface area contributed by atoms with Gasteiger partial charge in [-0.2, -0.15) is 0 Å². The Bertz CT molecular complexity index is 610. The highest BCUT2D eigenvalue weighted by atomic mass is 32.2. The van der Waals surface area contributed by atoms with E-state index in [4.69, 9.17) is 0 Å². The SMILES string of the molecule is Cc1ccc(N2CC(NS(C)(=O)=O)CC2=O)cc1C. The largest absolute Gasteiger partial charge is 0.311 e. The smallest absolute Gasteiger partial charge is 0.228 e. The van der Waals surface area contributed by atoms with Crippen LogP contribution in [0.5, 0.6) is 0 Å². The van der Waals surface area contributed by atoms with Crippen LogP contribution in [0.3, 0.4) is 0 Å². The van der Waals surface area contributed by atoms with E-state index >= 15 is 0 Å². The number of hydrogen-bond donors (Lipinski definition) is 1. The number of hydrogen-bond acceptors (Lipinski definition) is 3. The van der Waals surface area contributed by atoms with Gasteiger partial charge in [0.15, 0.2) is 0 Å². The molecule has 0 saturated carbocycles. The maximum absolute atomic E-state index is 12.0. The highest BCUT2D eigenvalue weighted by molar-refractivity contribution is 7.88. The van der Waals surface area contributed by atoms with E-state index < -0.39 is 10.0 Å². The first-order valence-corrected chi connectivity index (χ1v) is 8.00. The zero-order valence-corrected chi connectivity index (χ0v) is 12.1. The molecule has 1 amide bonds. The van der Waals surface area contributed by atoms with Crippen molar-refractivity contribution in [1.29, 1.82) is 0 Å². The van der Waals surface area contributed by atoms with Crippen LogP contribution in [0.25, 0.3) is 0 Å². The second kappa shape index (κ2) is 4.94. The number of rotatable bonds is 3. The van der Waals surface area contributed by atoms with Crippen LogP contribution in [0.2, 0.25) is 0 Å². The fourth-order valence-electron chi connectivity index (χ4n) is 2.23. The highest BCUT2D eigenvalue weighted by Gasteiger charge is 2.32. The number of amides is 1. The van der Waals surface area contributed by atoms with Gasteiger partial charge in [-0.1, -0.05) is 6.07 Å². The van der Waals surface area contributed by atoms with Crippen molar-refractivity contribution in [1.82, 2.24) is 4.72 Å². The Hall–Kier alpha value is -1.40. The van der Waals surface area contributed by atoms with E-state index in [-0.39, 0.29) is 18.4 Å². The predicted octanol–water partition coefficient (Wildman–Crippen LogP) is 0.958. The maximum Gasteiger partial charge on any atom is 0.228 e. The lowest BCUT2D eigenvalue weighted by Gasteiger charge is -2.18. The number of nitrogens with zero attached hydrogens (tertiary/aromatic N) is 1. The first-order valence-electron chi connectivity index (χ1n) is 6.11. The third-order valence-electron chi connectivity index (χ3n) is 3.31. The quantitative estimate of drug-likeness (QED) is 0.898. The van der Waals surface area contributed by atoms with Crippen molar-refractivity contribution in [2.45, 2.75) is 26.3 Å². The van der Waals surface area contributed by atoms with Crippen LogP contribution in [-0.4, -0.2) is 33.2 Å². The summed E-state index contributed by atoms with van der Waals surface area (Å²) < 4.78 is 24.9. The van der Waals surface area contributed by atoms with Crippen LogP contribution in [-0.2, 0) is 14.8 Å². The van der Waals surface area contributed by atoms with Gasteiger partial charge in [0.2, 0.25) is 15.9 Å². The van der Waals surface area contributed by atoms with Gasteiger partial charge < -0.3 is 4.90 Å². The highest BCUT2D eigenvalue weighted by Crippen LogP contribution is 2.24. The topological polar surface area (TPSA) is 66.5 Å². The summed E-state index contributed by atoms with van der Waals surface area (Å²) in [6.45, 7) is 4.39. The molecule has 1 aliphatic rings. The zero-order valence-electron chi connectivity index (χ0n) is 11.3. The van der Waals surface area contributed by atoms with Crippen LogP contribution >= 0.6 is 0 Å². The summed E-state index contributed by atoms with van der Waals surface area (Å²) >= 11 is 0. The molecule has 1 fully saturated rings. The Balaban J connectivity index is 2.18. The molecule has 1 N–H and O–H groups in total. The van der Waals surface area contributed by atoms with Crippen molar-refractivity contribution in [3.05, 3.63) is 29.3 Å². The summed E-state index contributed by atoms with van der Waals surface area (Å²) in [7, 11) is -3.28. The van der Waals surface area contributed by atoms with Crippen molar-refractivity contribution >= 4 is 21.6 Å².